The van der Waals surface area contributed by atoms with Crippen LogP contribution >= 0.6 is 0 Å². The Morgan fingerprint density at radius 3 is 3.00 bits per heavy atom. The molecule has 1 aromatic heterocycles. The van der Waals surface area contributed by atoms with Gasteiger partial charge in [0.2, 0.25) is 0 Å². The molecule has 2 rings (SSSR count). The van der Waals surface area contributed by atoms with E-state index in [9.17, 15) is 4.79 Å². The highest BCUT2D eigenvalue weighted by atomic mass is 16.1. The van der Waals surface area contributed by atoms with Crippen LogP contribution in [0.3, 0.4) is 0 Å². The quantitative estimate of drug-likeness (QED) is 0.538. The second-order valence-corrected chi connectivity index (χ2v) is 3.93. The average molecular weight is 204 g/mol. The minimum absolute atomic E-state index is 0.109. The summed E-state index contributed by atoms with van der Waals surface area (Å²) in [5.74, 6) is 0.956. The summed E-state index contributed by atoms with van der Waals surface area (Å²) in [7, 11) is 0. The van der Waals surface area contributed by atoms with E-state index >= 15 is 0 Å². The summed E-state index contributed by atoms with van der Waals surface area (Å²) in [6.45, 7) is 4.48. The largest absolute Gasteiger partial charge is 0.330 e. The summed E-state index contributed by atoms with van der Waals surface area (Å²) in [4.78, 5) is 15.8. The molecule has 0 N–H and O–H groups in total. The SMILES string of the molecule is C/C=N\c1c(C(C)=O)cc2n1CCCC2. The van der Waals surface area contributed by atoms with Crippen LogP contribution in [0, 0.1) is 0 Å². The number of aryl methyl sites for hydroxylation is 1. The average Bonchev–Trinajstić information content (AvgIpc) is 2.58. The third-order valence-corrected chi connectivity index (χ3v) is 2.85. The number of hydrogen-bond donors (Lipinski definition) is 0. The van der Waals surface area contributed by atoms with Crippen molar-refractivity contribution in [2.75, 3.05) is 0 Å². The summed E-state index contributed by atoms with van der Waals surface area (Å²) in [5.41, 5.74) is 2.03. The summed E-state index contributed by atoms with van der Waals surface area (Å²) in [6, 6.07) is 2.00. The fourth-order valence-corrected chi connectivity index (χ4v) is 2.14. The fourth-order valence-electron chi connectivity index (χ4n) is 2.14. The van der Waals surface area contributed by atoms with Gasteiger partial charge >= 0.3 is 0 Å². The molecule has 0 saturated heterocycles. The van der Waals surface area contributed by atoms with Crippen LogP contribution in [-0.2, 0) is 13.0 Å². The molecule has 0 amide bonds. The molecule has 0 fully saturated rings. The third kappa shape index (κ3) is 1.74. The summed E-state index contributed by atoms with van der Waals surface area (Å²) >= 11 is 0. The Bertz CT molecular complexity index is 416. The van der Waals surface area contributed by atoms with Gasteiger partial charge in [0.25, 0.3) is 0 Å². The van der Waals surface area contributed by atoms with Gasteiger partial charge in [-0.1, -0.05) is 0 Å². The van der Waals surface area contributed by atoms with Gasteiger partial charge in [0.05, 0.1) is 5.56 Å². The first-order valence-electron chi connectivity index (χ1n) is 5.46. The lowest BCUT2D eigenvalue weighted by Gasteiger charge is -2.15. The van der Waals surface area contributed by atoms with Gasteiger partial charge in [-0.05, 0) is 39.2 Å². The van der Waals surface area contributed by atoms with Crippen molar-refractivity contribution in [3.63, 3.8) is 0 Å². The number of Topliss-reactive ketones (excluding diaryl/α,β-unsaturated/α-hetero) is 1. The highest BCUT2D eigenvalue weighted by Crippen LogP contribution is 2.29. The second kappa shape index (κ2) is 4.01. The molecule has 0 aromatic carbocycles. The molecule has 80 valence electrons. The molecule has 0 bridgehead atoms. The first-order chi connectivity index (χ1) is 7.24. The maximum atomic E-state index is 11.5. The van der Waals surface area contributed by atoms with E-state index in [2.05, 4.69) is 9.56 Å². The van der Waals surface area contributed by atoms with E-state index in [0.29, 0.717) is 0 Å². The lowest BCUT2D eigenvalue weighted by molar-refractivity contribution is 0.101. The van der Waals surface area contributed by atoms with Gasteiger partial charge in [-0.3, -0.25) is 4.79 Å². The highest BCUT2D eigenvalue weighted by Gasteiger charge is 2.19. The normalized spacial score (nSPS) is 15.6. The molecule has 0 aliphatic carbocycles. The molecule has 2 heterocycles. The molecule has 15 heavy (non-hydrogen) atoms. The Kier molecular flexibility index (Phi) is 2.71. The number of carbonyl (C=O) groups is 1. The number of ketones is 1. The molecule has 1 aliphatic heterocycles. The Balaban J connectivity index is 2.55. The lowest BCUT2D eigenvalue weighted by Crippen LogP contribution is -2.08. The Morgan fingerprint density at radius 2 is 2.33 bits per heavy atom. The number of fused-ring (bicyclic) bond motifs is 1. The predicted octanol–water partition coefficient (Wildman–Crippen LogP) is 2.75. The van der Waals surface area contributed by atoms with Gasteiger partial charge < -0.3 is 4.57 Å². The number of hydrogen-bond acceptors (Lipinski definition) is 2. The van der Waals surface area contributed by atoms with Crippen LogP contribution < -0.4 is 0 Å². The van der Waals surface area contributed by atoms with Crippen molar-refractivity contribution in [2.45, 2.75) is 39.7 Å². The molecule has 0 unspecified atom stereocenters. The standard InChI is InChI=1S/C12H16N2O/c1-3-13-12-11(9(2)15)8-10-6-4-5-7-14(10)12/h3,8H,4-7H2,1-2H3/b13-3-. The molecule has 0 spiro atoms. The second-order valence-electron chi connectivity index (χ2n) is 3.93. The third-order valence-electron chi connectivity index (χ3n) is 2.85. The van der Waals surface area contributed by atoms with Gasteiger partial charge in [0.1, 0.15) is 5.82 Å². The van der Waals surface area contributed by atoms with Crippen LogP contribution in [0.2, 0.25) is 0 Å². The molecule has 0 atom stereocenters. The lowest BCUT2D eigenvalue weighted by atomic mass is 10.1. The van der Waals surface area contributed by atoms with Crippen LogP contribution in [0.15, 0.2) is 11.1 Å². The van der Waals surface area contributed by atoms with E-state index < -0.39 is 0 Å². The molecule has 1 aliphatic rings. The van der Waals surface area contributed by atoms with Gasteiger partial charge in [-0.25, -0.2) is 4.99 Å². The van der Waals surface area contributed by atoms with E-state index in [1.54, 1.807) is 13.1 Å². The zero-order valence-electron chi connectivity index (χ0n) is 9.29. The van der Waals surface area contributed by atoms with E-state index in [0.717, 1.165) is 24.3 Å². The van der Waals surface area contributed by atoms with Crippen LogP contribution in [-0.4, -0.2) is 16.6 Å². The first-order valence-corrected chi connectivity index (χ1v) is 5.46. The molecule has 3 nitrogen and oxygen atoms in total. The zero-order valence-corrected chi connectivity index (χ0v) is 9.29. The Labute approximate surface area is 89.8 Å². The fraction of sp³-hybridized carbons (Fsp3) is 0.500. The van der Waals surface area contributed by atoms with Gasteiger partial charge in [0, 0.05) is 18.5 Å². The topological polar surface area (TPSA) is 34.4 Å². The van der Waals surface area contributed by atoms with E-state index in [1.165, 1.54) is 18.5 Å². The van der Waals surface area contributed by atoms with Crippen LogP contribution in [0.1, 0.15) is 42.7 Å². The van der Waals surface area contributed by atoms with E-state index in [-0.39, 0.29) is 5.78 Å². The van der Waals surface area contributed by atoms with Crippen LogP contribution in [0.5, 0.6) is 0 Å². The molecular weight excluding hydrogens is 188 g/mol. The Hall–Kier alpha value is -1.38. The molecule has 3 heteroatoms. The first kappa shape index (κ1) is 10.1. The maximum Gasteiger partial charge on any atom is 0.163 e. The number of aliphatic imine (C=N–C) groups is 1. The van der Waals surface area contributed by atoms with Crippen molar-refractivity contribution in [2.24, 2.45) is 4.99 Å². The van der Waals surface area contributed by atoms with Crippen molar-refractivity contribution in [1.29, 1.82) is 0 Å². The minimum Gasteiger partial charge on any atom is -0.330 e. The number of rotatable bonds is 2. The Morgan fingerprint density at radius 1 is 1.53 bits per heavy atom. The predicted molar refractivity (Wildman–Crippen MR) is 61.2 cm³/mol. The summed E-state index contributed by atoms with van der Waals surface area (Å²) in [6.07, 6.45) is 5.23. The number of aromatic nitrogens is 1. The van der Waals surface area contributed by atoms with E-state index in [4.69, 9.17) is 0 Å². The summed E-state index contributed by atoms with van der Waals surface area (Å²) in [5, 5.41) is 0. The monoisotopic (exact) mass is 204 g/mol. The summed E-state index contributed by atoms with van der Waals surface area (Å²) < 4.78 is 2.18. The van der Waals surface area contributed by atoms with Crippen molar-refractivity contribution in [1.82, 2.24) is 4.57 Å². The maximum absolute atomic E-state index is 11.5. The van der Waals surface area contributed by atoms with Gasteiger partial charge in [0.15, 0.2) is 5.78 Å². The minimum atomic E-state index is 0.109. The molecular formula is C12H16N2O. The smallest absolute Gasteiger partial charge is 0.163 e. The van der Waals surface area contributed by atoms with Crippen molar-refractivity contribution in [3.8, 4) is 0 Å². The van der Waals surface area contributed by atoms with Gasteiger partial charge in [-0.15, -0.1) is 0 Å². The van der Waals surface area contributed by atoms with E-state index in [1.807, 2.05) is 13.0 Å². The van der Waals surface area contributed by atoms with Gasteiger partial charge in [-0.2, -0.15) is 0 Å². The molecule has 0 saturated carbocycles. The van der Waals surface area contributed by atoms with Crippen molar-refractivity contribution in [3.05, 3.63) is 17.3 Å². The van der Waals surface area contributed by atoms with Crippen LogP contribution in [0.25, 0.3) is 0 Å². The van der Waals surface area contributed by atoms with Crippen molar-refractivity contribution < 1.29 is 4.79 Å². The number of carbonyl (C=O) groups excluding carboxylic acids is 1. The molecule has 0 radical (unpaired) electrons. The van der Waals surface area contributed by atoms with Crippen molar-refractivity contribution >= 4 is 17.8 Å². The zero-order chi connectivity index (χ0) is 10.8. The van der Waals surface area contributed by atoms with Crippen LogP contribution in [0.4, 0.5) is 5.82 Å². The number of nitrogens with zero attached hydrogens (tertiary/aromatic N) is 2. The molecule has 1 aromatic rings. The highest BCUT2D eigenvalue weighted by molar-refractivity contribution is 5.99.